The zero-order valence-electron chi connectivity index (χ0n) is 10.1. The quantitative estimate of drug-likeness (QED) is 0.904. The average molecular weight is 334 g/mol. The van der Waals surface area contributed by atoms with Crippen LogP contribution in [-0.4, -0.2) is 5.11 Å². The second-order valence-electron chi connectivity index (χ2n) is 4.78. The highest BCUT2D eigenvalue weighted by Crippen LogP contribution is 2.49. The highest BCUT2D eigenvalue weighted by atomic mass is 79.9. The third-order valence-corrected chi connectivity index (χ3v) is 5.77. The molecular formula is C15H12BrNOS. The van der Waals surface area contributed by atoms with Crippen molar-refractivity contribution >= 4 is 27.3 Å². The van der Waals surface area contributed by atoms with Crippen LogP contribution in [0.1, 0.15) is 28.5 Å². The lowest BCUT2D eigenvalue weighted by molar-refractivity contribution is 0.113. The number of rotatable bonds is 2. The van der Waals surface area contributed by atoms with Crippen molar-refractivity contribution in [3.05, 3.63) is 56.2 Å². The van der Waals surface area contributed by atoms with E-state index in [0.29, 0.717) is 6.42 Å². The molecule has 4 heteroatoms. The lowest BCUT2D eigenvalue weighted by atomic mass is 9.77. The van der Waals surface area contributed by atoms with E-state index in [1.807, 2.05) is 35.7 Å². The Morgan fingerprint density at radius 2 is 2.16 bits per heavy atom. The number of nitrogens with zero attached hydrogens (tertiary/aromatic N) is 1. The van der Waals surface area contributed by atoms with Gasteiger partial charge in [-0.2, -0.15) is 5.26 Å². The number of aliphatic hydroxyl groups excluding tert-OH is 1. The molecule has 0 aliphatic heterocycles. The van der Waals surface area contributed by atoms with E-state index >= 15 is 0 Å². The third-order valence-electron chi connectivity index (χ3n) is 3.85. The Hall–Kier alpha value is -1.15. The smallest absolute Gasteiger partial charge is 0.114 e. The van der Waals surface area contributed by atoms with Crippen LogP contribution in [-0.2, 0) is 11.8 Å². The first-order valence-electron chi connectivity index (χ1n) is 6.09. The average Bonchev–Trinajstić information content (AvgIpc) is 3.02. The second-order valence-corrected chi connectivity index (χ2v) is 6.58. The van der Waals surface area contributed by atoms with Crippen molar-refractivity contribution in [3.63, 3.8) is 0 Å². The van der Waals surface area contributed by atoms with Crippen LogP contribution in [0.3, 0.4) is 0 Å². The first-order valence-corrected chi connectivity index (χ1v) is 7.77. The molecule has 2 atom stereocenters. The van der Waals surface area contributed by atoms with E-state index in [9.17, 15) is 10.4 Å². The van der Waals surface area contributed by atoms with Gasteiger partial charge in [-0.1, -0.05) is 24.3 Å². The van der Waals surface area contributed by atoms with E-state index in [2.05, 4.69) is 22.0 Å². The van der Waals surface area contributed by atoms with Crippen molar-refractivity contribution in [3.8, 4) is 6.07 Å². The van der Waals surface area contributed by atoms with Crippen LogP contribution in [0.5, 0.6) is 0 Å². The molecule has 1 heterocycles. The Bertz CT molecular complexity index is 660. The standard InChI is InChI=1S/C15H12BrNOS/c16-12-6-8-19-13(12)14(18)15(9-17)7-5-10-3-1-2-4-11(10)15/h1-4,6,8,14,18H,5,7H2. The molecule has 2 nitrogen and oxygen atoms in total. The molecule has 0 bridgehead atoms. The predicted octanol–water partition coefficient (Wildman–Crippen LogP) is 3.95. The zero-order valence-corrected chi connectivity index (χ0v) is 12.5. The van der Waals surface area contributed by atoms with Crippen LogP contribution in [0, 0.1) is 11.3 Å². The first-order chi connectivity index (χ1) is 9.19. The number of benzene rings is 1. The van der Waals surface area contributed by atoms with E-state index in [1.165, 1.54) is 16.9 Å². The summed E-state index contributed by atoms with van der Waals surface area (Å²) in [5.74, 6) is 0. The van der Waals surface area contributed by atoms with Crippen molar-refractivity contribution in [2.75, 3.05) is 0 Å². The van der Waals surface area contributed by atoms with E-state index in [4.69, 9.17) is 0 Å². The van der Waals surface area contributed by atoms with Gasteiger partial charge in [0.15, 0.2) is 0 Å². The number of fused-ring (bicyclic) bond motifs is 1. The molecule has 0 saturated carbocycles. The topological polar surface area (TPSA) is 44.0 Å². The molecule has 0 spiro atoms. The van der Waals surface area contributed by atoms with Crippen LogP contribution in [0.2, 0.25) is 0 Å². The maximum absolute atomic E-state index is 10.7. The molecule has 96 valence electrons. The van der Waals surface area contributed by atoms with Crippen LogP contribution in [0.4, 0.5) is 0 Å². The summed E-state index contributed by atoms with van der Waals surface area (Å²) in [6.45, 7) is 0. The molecule has 1 aromatic carbocycles. The van der Waals surface area contributed by atoms with Gasteiger partial charge in [0.1, 0.15) is 11.5 Å². The summed E-state index contributed by atoms with van der Waals surface area (Å²) in [7, 11) is 0. The maximum atomic E-state index is 10.7. The highest BCUT2D eigenvalue weighted by molar-refractivity contribution is 9.10. The Morgan fingerprint density at radius 3 is 2.84 bits per heavy atom. The van der Waals surface area contributed by atoms with E-state index in [0.717, 1.165) is 21.3 Å². The number of nitriles is 1. The summed E-state index contributed by atoms with van der Waals surface area (Å²) in [5.41, 5.74) is 1.34. The molecule has 1 N–H and O–H groups in total. The normalized spacial score (nSPS) is 22.8. The van der Waals surface area contributed by atoms with Gasteiger partial charge in [-0.05, 0) is 51.3 Å². The minimum absolute atomic E-state index is 0.675. The Balaban J connectivity index is 2.12. The molecule has 1 aliphatic carbocycles. The SMILES string of the molecule is N#CC1(C(O)c2sccc2Br)CCc2ccccc21. The van der Waals surface area contributed by atoms with E-state index in [1.54, 1.807) is 0 Å². The van der Waals surface area contributed by atoms with Crippen LogP contribution in [0.15, 0.2) is 40.2 Å². The molecule has 0 amide bonds. The van der Waals surface area contributed by atoms with Crippen molar-refractivity contribution in [2.45, 2.75) is 24.4 Å². The summed E-state index contributed by atoms with van der Waals surface area (Å²) < 4.78 is 0.879. The van der Waals surface area contributed by atoms with Crippen molar-refractivity contribution in [1.29, 1.82) is 5.26 Å². The molecule has 0 radical (unpaired) electrons. The number of halogens is 1. The zero-order chi connectivity index (χ0) is 13.5. The number of thiophene rings is 1. The molecule has 2 aromatic rings. The third kappa shape index (κ3) is 1.85. The Morgan fingerprint density at radius 1 is 1.37 bits per heavy atom. The summed E-state index contributed by atoms with van der Waals surface area (Å²) in [4.78, 5) is 0.832. The Labute approximate surface area is 124 Å². The van der Waals surface area contributed by atoms with Crippen LogP contribution >= 0.6 is 27.3 Å². The fraction of sp³-hybridized carbons (Fsp3) is 0.267. The number of aryl methyl sites for hydroxylation is 1. The Kier molecular flexibility index (Phi) is 3.22. The maximum Gasteiger partial charge on any atom is 0.114 e. The van der Waals surface area contributed by atoms with E-state index < -0.39 is 11.5 Å². The summed E-state index contributed by atoms with van der Waals surface area (Å²) in [6, 6.07) is 12.2. The molecule has 0 saturated heterocycles. The van der Waals surface area contributed by atoms with Crippen molar-refractivity contribution in [1.82, 2.24) is 0 Å². The van der Waals surface area contributed by atoms with Crippen LogP contribution in [0.25, 0.3) is 0 Å². The van der Waals surface area contributed by atoms with Gasteiger partial charge in [-0.25, -0.2) is 0 Å². The van der Waals surface area contributed by atoms with Gasteiger partial charge in [0.25, 0.3) is 0 Å². The van der Waals surface area contributed by atoms with Gasteiger partial charge in [-0.3, -0.25) is 0 Å². The van der Waals surface area contributed by atoms with Crippen LogP contribution < -0.4 is 0 Å². The highest BCUT2D eigenvalue weighted by Gasteiger charge is 2.46. The van der Waals surface area contributed by atoms with Gasteiger partial charge >= 0.3 is 0 Å². The predicted molar refractivity (Wildman–Crippen MR) is 79.0 cm³/mol. The number of hydrogen-bond donors (Lipinski definition) is 1. The number of aliphatic hydroxyl groups is 1. The molecule has 3 rings (SSSR count). The molecule has 2 unspecified atom stereocenters. The largest absolute Gasteiger partial charge is 0.385 e. The lowest BCUT2D eigenvalue weighted by Gasteiger charge is -2.28. The van der Waals surface area contributed by atoms with Gasteiger partial charge in [0.05, 0.1) is 6.07 Å². The molecular weight excluding hydrogens is 322 g/mol. The molecule has 0 fully saturated rings. The van der Waals surface area contributed by atoms with Gasteiger partial charge in [0.2, 0.25) is 0 Å². The minimum atomic E-state index is -0.816. The second kappa shape index (κ2) is 4.75. The van der Waals surface area contributed by atoms with Gasteiger partial charge in [-0.15, -0.1) is 11.3 Å². The minimum Gasteiger partial charge on any atom is -0.385 e. The van der Waals surface area contributed by atoms with E-state index in [-0.39, 0.29) is 0 Å². The van der Waals surface area contributed by atoms with Gasteiger partial charge < -0.3 is 5.11 Å². The molecule has 19 heavy (non-hydrogen) atoms. The molecule has 1 aliphatic rings. The van der Waals surface area contributed by atoms with Gasteiger partial charge in [0, 0.05) is 9.35 Å². The lowest BCUT2D eigenvalue weighted by Crippen LogP contribution is -2.29. The fourth-order valence-electron chi connectivity index (χ4n) is 2.83. The number of hydrogen-bond acceptors (Lipinski definition) is 3. The summed E-state index contributed by atoms with van der Waals surface area (Å²) >= 11 is 4.93. The molecule has 1 aromatic heterocycles. The first kappa shape index (κ1) is 12.9. The van der Waals surface area contributed by atoms with Crippen molar-refractivity contribution in [2.24, 2.45) is 0 Å². The monoisotopic (exact) mass is 333 g/mol. The van der Waals surface area contributed by atoms with Crippen molar-refractivity contribution < 1.29 is 5.11 Å². The fourth-order valence-corrected chi connectivity index (χ4v) is 4.49. The summed E-state index contributed by atoms with van der Waals surface area (Å²) in [6.07, 6.45) is 0.744. The summed E-state index contributed by atoms with van der Waals surface area (Å²) in [5, 5.41) is 22.4.